The Balaban J connectivity index is 1.96. The number of hydrogen-bond donors (Lipinski definition) is 0. The Kier molecular flexibility index (Phi) is 5.49. The predicted molar refractivity (Wildman–Crippen MR) is 107 cm³/mol. The summed E-state index contributed by atoms with van der Waals surface area (Å²) in [5.74, 6) is 1.52. The quantitative estimate of drug-likeness (QED) is 0.429. The van der Waals surface area contributed by atoms with Crippen LogP contribution in [0, 0.1) is 0 Å². The van der Waals surface area contributed by atoms with Gasteiger partial charge in [0.25, 0.3) is 5.56 Å². The molecular weight excluding hydrogens is 400 g/mol. The van der Waals surface area contributed by atoms with Gasteiger partial charge in [0.05, 0.1) is 22.5 Å². The number of nitrogens with zero attached hydrogens (tertiary/aromatic N) is 2. The molecule has 0 bridgehead atoms. The molecule has 0 spiro atoms. The molecule has 0 atom stereocenters. The molecule has 1 heterocycles. The van der Waals surface area contributed by atoms with Crippen LogP contribution in [0.4, 0.5) is 0 Å². The van der Waals surface area contributed by atoms with Gasteiger partial charge < -0.3 is 4.74 Å². The summed E-state index contributed by atoms with van der Waals surface area (Å²) in [6, 6.07) is 13.5. The number of rotatable bonds is 5. The first kappa shape index (κ1) is 18.0. The lowest BCUT2D eigenvalue weighted by atomic mass is 10.2. The van der Waals surface area contributed by atoms with Gasteiger partial charge in [-0.15, -0.1) is 0 Å². The number of methoxy groups -OCH3 is 1. The predicted octanol–water partition coefficient (Wildman–Crippen LogP) is 5.04. The van der Waals surface area contributed by atoms with Gasteiger partial charge >= 0.3 is 0 Å². The van der Waals surface area contributed by atoms with Crippen LogP contribution < -0.4 is 10.3 Å². The Bertz CT molecular complexity index is 969. The molecule has 3 rings (SSSR count). The standard InChI is InChI=1S/C19H19BrN2O2S/c1-12(2)22-18(23)14-6-4-5-7-16(14)21-19(22)25-11-13-8-9-17(24-3)15(20)10-13/h4-10,12H,11H2,1-3H3. The molecule has 0 N–H and O–H groups in total. The molecule has 0 aliphatic heterocycles. The molecule has 0 fully saturated rings. The number of para-hydroxylation sites is 1. The van der Waals surface area contributed by atoms with Crippen LogP contribution in [0.15, 0.2) is 56.9 Å². The molecule has 0 radical (unpaired) electrons. The number of benzene rings is 2. The van der Waals surface area contributed by atoms with Gasteiger partial charge in [-0.3, -0.25) is 9.36 Å². The molecule has 2 aromatic carbocycles. The summed E-state index contributed by atoms with van der Waals surface area (Å²) >= 11 is 5.08. The zero-order valence-electron chi connectivity index (χ0n) is 14.3. The summed E-state index contributed by atoms with van der Waals surface area (Å²) in [6.07, 6.45) is 0. The number of halogens is 1. The van der Waals surface area contributed by atoms with Crippen LogP contribution in [0.2, 0.25) is 0 Å². The Hall–Kier alpha value is -1.79. The van der Waals surface area contributed by atoms with E-state index in [1.54, 1.807) is 23.4 Å². The van der Waals surface area contributed by atoms with E-state index in [2.05, 4.69) is 15.9 Å². The van der Waals surface area contributed by atoms with Crippen LogP contribution >= 0.6 is 27.7 Å². The fourth-order valence-corrected chi connectivity index (χ4v) is 4.29. The molecule has 6 heteroatoms. The largest absolute Gasteiger partial charge is 0.496 e. The average Bonchev–Trinajstić information content (AvgIpc) is 2.60. The molecule has 0 aliphatic rings. The van der Waals surface area contributed by atoms with Crippen molar-refractivity contribution in [2.75, 3.05) is 7.11 Å². The second-order valence-electron chi connectivity index (χ2n) is 5.94. The lowest BCUT2D eigenvalue weighted by molar-refractivity contribution is 0.412. The number of thioether (sulfide) groups is 1. The third-order valence-electron chi connectivity index (χ3n) is 3.88. The molecular formula is C19H19BrN2O2S. The van der Waals surface area contributed by atoms with Crippen molar-refractivity contribution in [3.63, 3.8) is 0 Å². The minimum Gasteiger partial charge on any atom is -0.496 e. The first-order valence-corrected chi connectivity index (χ1v) is 9.75. The van der Waals surface area contributed by atoms with Gasteiger partial charge in [0.1, 0.15) is 5.75 Å². The smallest absolute Gasteiger partial charge is 0.262 e. The fraction of sp³-hybridized carbons (Fsp3) is 0.263. The molecule has 1 aromatic heterocycles. The minimum absolute atomic E-state index is 0.0130. The highest BCUT2D eigenvalue weighted by atomic mass is 79.9. The first-order chi connectivity index (χ1) is 12.0. The molecule has 4 nitrogen and oxygen atoms in total. The summed E-state index contributed by atoms with van der Waals surface area (Å²) in [7, 11) is 1.65. The van der Waals surface area contributed by atoms with Gasteiger partial charge in [-0.2, -0.15) is 0 Å². The summed E-state index contributed by atoms with van der Waals surface area (Å²) in [6.45, 7) is 4.01. The summed E-state index contributed by atoms with van der Waals surface area (Å²) < 4.78 is 7.95. The van der Waals surface area contributed by atoms with Crippen molar-refractivity contribution in [3.8, 4) is 5.75 Å². The fourth-order valence-electron chi connectivity index (χ4n) is 2.63. The minimum atomic E-state index is 0.0130. The Morgan fingerprint density at radius 3 is 2.68 bits per heavy atom. The monoisotopic (exact) mass is 418 g/mol. The van der Waals surface area contributed by atoms with Gasteiger partial charge in [0, 0.05) is 11.8 Å². The summed E-state index contributed by atoms with van der Waals surface area (Å²) in [4.78, 5) is 17.5. The summed E-state index contributed by atoms with van der Waals surface area (Å²) in [5.41, 5.74) is 1.89. The van der Waals surface area contributed by atoms with Crippen LogP contribution in [0.5, 0.6) is 5.75 Å². The van der Waals surface area contributed by atoms with E-state index in [1.165, 1.54) is 0 Å². The molecule has 0 saturated carbocycles. The molecule has 0 aliphatic carbocycles. The molecule has 0 unspecified atom stereocenters. The maximum Gasteiger partial charge on any atom is 0.262 e. The van der Waals surface area contributed by atoms with E-state index >= 15 is 0 Å². The molecule has 130 valence electrons. The maximum absolute atomic E-state index is 12.8. The van der Waals surface area contributed by atoms with Crippen LogP contribution in [0.25, 0.3) is 10.9 Å². The van der Waals surface area contributed by atoms with Crippen molar-refractivity contribution in [1.82, 2.24) is 9.55 Å². The third-order valence-corrected chi connectivity index (χ3v) is 5.52. The van der Waals surface area contributed by atoms with Crippen molar-refractivity contribution in [2.24, 2.45) is 0 Å². The van der Waals surface area contributed by atoms with Crippen LogP contribution in [-0.2, 0) is 5.75 Å². The first-order valence-electron chi connectivity index (χ1n) is 7.97. The van der Waals surface area contributed by atoms with Gasteiger partial charge in [0.15, 0.2) is 5.16 Å². The van der Waals surface area contributed by atoms with Crippen molar-refractivity contribution >= 4 is 38.6 Å². The molecule has 0 amide bonds. The topological polar surface area (TPSA) is 44.1 Å². The lowest BCUT2D eigenvalue weighted by Gasteiger charge is -2.16. The van der Waals surface area contributed by atoms with Gasteiger partial charge in [-0.05, 0) is 59.6 Å². The van der Waals surface area contributed by atoms with Crippen molar-refractivity contribution < 1.29 is 4.74 Å². The van der Waals surface area contributed by atoms with E-state index < -0.39 is 0 Å². The van der Waals surface area contributed by atoms with Crippen molar-refractivity contribution in [1.29, 1.82) is 0 Å². The average molecular weight is 419 g/mol. The highest BCUT2D eigenvalue weighted by Crippen LogP contribution is 2.29. The number of ether oxygens (including phenoxy) is 1. The Labute approximate surface area is 159 Å². The van der Waals surface area contributed by atoms with Gasteiger partial charge in [-0.1, -0.05) is 30.0 Å². The maximum atomic E-state index is 12.8. The Morgan fingerprint density at radius 1 is 1.24 bits per heavy atom. The van der Waals surface area contributed by atoms with Gasteiger partial charge in [-0.25, -0.2) is 4.98 Å². The van der Waals surface area contributed by atoms with E-state index in [0.717, 1.165) is 32.2 Å². The van der Waals surface area contributed by atoms with Crippen molar-refractivity contribution in [3.05, 3.63) is 62.9 Å². The zero-order valence-corrected chi connectivity index (χ0v) is 16.7. The molecule has 25 heavy (non-hydrogen) atoms. The lowest BCUT2D eigenvalue weighted by Crippen LogP contribution is -2.25. The normalized spacial score (nSPS) is 11.2. The zero-order chi connectivity index (χ0) is 18.0. The van der Waals surface area contributed by atoms with E-state index in [1.807, 2.05) is 56.3 Å². The molecule has 0 saturated heterocycles. The van der Waals surface area contributed by atoms with Crippen LogP contribution in [0.3, 0.4) is 0 Å². The Morgan fingerprint density at radius 2 is 2.00 bits per heavy atom. The highest BCUT2D eigenvalue weighted by molar-refractivity contribution is 9.10. The second kappa shape index (κ2) is 7.62. The van der Waals surface area contributed by atoms with E-state index in [9.17, 15) is 4.79 Å². The van der Waals surface area contributed by atoms with E-state index in [0.29, 0.717) is 5.39 Å². The number of hydrogen-bond acceptors (Lipinski definition) is 4. The summed E-state index contributed by atoms with van der Waals surface area (Å²) in [5, 5.41) is 1.40. The SMILES string of the molecule is COc1ccc(CSc2nc3ccccc3c(=O)n2C(C)C)cc1Br. The van der Waals surface area contributed by atoms with E-state index in [4.69, 9.17) is 9.72 Å². The number of aromatic nitrogens is 2. The van der Waals surface area contributed by atoms with E-state index in [-0.39, 0.29) is 11.6 Å². The second-order valence-corrected chi connectivity index (χ2v) is 7.73. The van der Waals surface area contributed by atoms with Crippen LogP contribution in [-0.4, -0.2) is 16.7 Å². The third kappa shape index (κ3) is 3.75. The van der Waals surface area contributed by atoms with Crippen LogP contribution in [0.1, 0.15) is 25.5 Å². The number of fused-ring (bicyclic) bond motifs is 1. The highest BCUT2D eigenvalue weighted by Gasteiger charge is 2.14. The van der Waals surface area contributed by atoms with Crippen molar-refractivity contribution in [2.45, 2.75) is 30.8 Å². The molecule has 3 aromatic rings. The van der Waals surface area contributed by atoms with Gasteiger partial charge in [0.2, 0.25) is 0 Å².